The molecule has 20 heavy (non-hydrogen) atoms. The molecule has 0 radical (unpaired) electrons. The minimum atomic E-state index is -0.209. The van der Waals surface area contributed by atoms with Crippen molar-refractivity contribution in [3.63, 3.8) is 0 Å². The summed E-state index contributed by atoms with van der Waals surface area (Å²) in [6, 6.07) is 9.30. The fourth-order valence-corrected chi connectivity index (χ4v) is 1.89. The van der Waals surface area contributed by atoms with Gasteiger partial charge in [-0.15, -0.1) is 0 Å². The summed E-state index contributed by atoms with van der Waals surface area (Å²) in [5.41, 5.74) is 3.39. The van der Waals surface area contributed by atoms with Crippen LogP contribution in [-0.2, 0) is 0 Å². The highest BCUT2D eigenvalue weighted by atomic mass is 16.1. The van der Waals surface area contributed by atoms with Gasteiger partial charge in [-0.2, -0.15) is 0 Å². The lowest BCUT2D eigenvalue weighted by atomic mass is 10.2. The van der Waals surface area contributed by atoms with Gasteiger partial charge in [-0.3, -0.25) is 9.78 Å². The van der Waals surface area contributed by atoms with Gasteiger partial charge in [0, 0.05) is 24.3 Å². The Morgan fingerprint density at radius 1 is 1.10 bits per heavy atom. The third kappa shape index (κ3) is 2.33. The molecule has 0 aliphatic carbocycles. The van der Waals surface area contributed by atoms with Crippen LogP contribution in [0.1, 0.15) is 15.9 Å². The van der Waals surface area contributed by atoms with E-state index in [4.69, 9.17) is 0 Å². The number of rotatable bonds is 2. The maximum atomic E-state index is 12.2. The third-order valence-corrected chi connectivity index (χ3v) is 2.98. The summed E-state index contributed by atoms with van der Waals surface area (Å²) >= 11 is 0. The van der Waals surface area contributed by atoms with Gasteiger partial charge in [-0.05, 0) is 24.6 Å². The van der Waals surface area contributed by atoms with Gasteiger partial charge in [0.15, 0.2) is 5.65 Å². The topological polar surface area (TPSA) is 67.8 Å². The van der Waals surface area contributed by atoms with Gasteiger partial charge in [-0.25, -0.2) is 9.97 Å². The van der Waals surface area contributed by atoms with E-state index >= 15 is 0 Å². The highest BCUT2D eigenvalue weighted by Crippen LogP contribution is 2.15. The van der Waals surface area contributed by atoms with E-state index in [1.165, 1.54) is 6.20 Å². The van der Waals surface area contributed by atoms with Crippen molar-refractivity contribution in [1.29, 1.82) is 0 Å². The van der Waals surface area contributed by atoms with E-state index < -0.39 is 0 Å². The van der Waals surface area contributed by atoms with Crippen molar-refractivity contribution in [2.75, 3.05) is 5.32 Å². The Kier molecular flexibility index (Phi) is 3.09. The number of pyridine rings is 1. The van der Waals surface area contributed by atoms with Crippen molar-refractivity contribution in [2.24, 2.45) is 0 Å². The van der Waals surface area contributed by atoms with Crippen LogP contribution in [0.2, 0.25) is 0 Å². The first kappa shape index (κ1) is 12.2. The van der Waals surface area contributed by atoms with Crippen LogP contribution in [0.15, 0.2) is 48.9 Å². The molecule has 0 bridgehead atoms. The van der Waals surface area contributed by atoms with Gasteiger partial charge in [0.2, 0.25) is 0 Å². The molecule has 5 nitrogen and oxygen atoms in total. The Bertz CT molecular complexity index is 785. The van der Waals surface area contributed by atoms with Gasteiger partial charge in [0.1, 0.15) is 5.52 Å². The molecule has 0 aliphatic heterocycles. The first-order valence-electron chi connectivity index (χ1n) is 6.18. The molecule has 0 saturated heterocycles. The number of anilines is 1. The van der Waals surface area contributed by atoms with E-state index in [2.05, 4.69) is 20.3 Å². The Morgan fingerprint density at radius 2 is 1.90 bits per heavy atom. The summed E-state index contributed by atoms with van der Waals surface area (Å²) in [5.74, 6) is -0.209. The summed E-state index contributed by atoms with van der Waals surface area (Å²) in [6.07, 6.45) is 4.65. The Labute approximate surface area is 115 Å². The van der Waals surface area contributed by atoms with Crippen molar-refractivity contribution in [3.05, 3.63) is 60.0 Å². The largest absolute Gasteiger partial charge is 0.322 e. The number of fused-ring (bicyclic) bond motifs is 1. The molecule has 1 N–H and O–H groups in total. The summed E-state index contributed by atoms with van der Waals surface area (Å²) in [4.78, 5) is 24.6. The fraction of sp³-hybridized carbons (Fsp3) is 0.0667. The molecular weight excluding hydrogens is 252 g/mol. The molecule has 0 aliphatic rings. The minimum Gasteiger partial charge on any atom is -0.322 e. The molecule has 3 aromatic rings. The number of hydrogen-bond donors (Lipinski definition) is 1. The number of para-hydroxylation sites is 1. The van der Waals surface area contributed by atoms with E-state index in [0.29, 0.717) is 16.7 Å². The van der Waals surface area contributed by atoms with Crippen LogP contribution < -0.4 is 5.32 Å². The zero-order chi connectivity index (χ0) is 13.9. The summed E-state index contributed by atoms with van der Waals surface area (Å²) in [6.45, 7) is 1.94. The van der Waals surface area contributed by atoms with Gasteiger partial charge in [0.05, 0.1) is 5.56 Å². The molecule has 0 atom stereocenters. The van der Waals surface area contributed by atoms with Crippen LogP contribution in [0.3, 0.4) is 0 Å². The lowest BCUT2D eigenvalue weighted by Crippen LogP contribution is -2.13. The van der Waals surface area contributed by atoms with Gasteiger partial charge in [-0.1, -0.05) is 18.2 Å². The van der Waals surface area contributed by atoms with E-state index in [-0.39, 0.29) is 5.91 Å². The van der Waals surface area contributed by atoms with Crippen LogP contribution in [0.25, 0.3) is 11.2 Å². The molecule has 0 fully saturated rings. The Morgan fingerprint density at radius 3 is 2.75 bits per heavy atom. The molecule has 2 aromatic heterocycles. The van der Waals surface area contributed by atoms with Gasteiger partial charge < -0.3 is 5.32 Å². The second-order valence-corrected chi connectivity index (χ2v) is 4.39. The van der Waals surface area contributed by atoms with Crippen LogP contribution >= 0.6 is 0 Å². The number of aryl methyl sites for hydroxylation is 1. The summed E-state index contributed by atoms with van der Waals surface area (Å²) < 4.78 is 0. The number of benzene rings is 1. The normalized spacial score (nSPS) is 10.4. The van der Waals surface area contributed by atoms with Crippen LogP contribution in [0, 0.1) is 6.92 Å². The predicted octanol–water partition coefficient (Wildman–Crippen LogP) is 2.59. The zero-order valence-electron chi connectivity index (χ0n) is 10.9. The number of carbonyl (C=O) groups excluding carboxylic acids is 1. The summed E-state index contributed by atoms with van der Waals surface area (Å²) in [7, 11) is 0. The zero-order valence-corrected chi connectivity index (χ0v) is 10.9. The smallest absolute Gasteiger partial charge is 0.257 e. The standard InChI is InChI=1S/C15H12N4O/c1-10-4-2-3-5-12(10)19-15(20)11-8-13-14(18-9-11)17-7-6-16-13/h2-9H,1H3,(H,19,20). The summed E-state index contributed by atoms with van der Waals surface area (Å²) in [5, 5.41) is 2.86. The monoisotopic (exact) mass is 264 g/mol. The molecule has 98 valence electrons. The van der Waals surface area contributed by atoms with E-state index in [0.717, 1.165) is 11.3 Å². The quantitative estimate of drug-likeness (QED) is 0.772. The van der Waals surface area contributed by atoms with Crippen LogP contribution in [-0.4, -0.2) is 20.9 Å². The lowest BCUT2D eigenvalue weighted by molar-refractivity contribution is 0.102. The average Bonchev–Trinajstić information content (AvgIpc) is 2.49. The second-order valence-electron chi connectivity index (χ2n) is 4.39. The highest BCUT2D eigenvalue weighted by molar-refractivity contribution is 6.05. The number of hydrogen-bond acceptors (Lipinski definition) is 4. The van der Waals surface area contributed by atoms with Crippen molar-refractivity contribution in [3.8, 4) is 0 Å². The number of nitrogens with zero attached hydrogens (tertiary/aromatic N) is 3. The molecule has 0 spiro atoms. The molecule has 5 heteroatoms. The van der Waals surface area contributed by atoms with Crippen molar-refractivity contribution in [1.82, 2.24) is 15.0 Å². The highest BCUT2D eigenvalue weighted by Gasteiger charge is 2.09. The Balaban J connectivity index is 1.91. The maximum absolute atomic E-state index is 12.2. The number of amides is 1. The van der Waals surface area contributed by atoms with Gasteiger partial charge in [0.25, 0.3) is 5.91 Å². The molecular formula is C15H12N4O. The van der Waals surface area contributed by atoms with Crippen LogP contribution in [0.5, 0.6) is 0 Å². The molecule has 1 aromatic carbocycles. The molecule has 1 amide bonds. The SMILES string of the molecule is Cc1ccccc1NC(=O)c1cnc2nccnc2c1. The lowest BCUT2D eigenvalue weighted by Gasteiger charge is -2.08. The Hall–Kier alpha value is -2.82. The maximum Gasteiger partial charge on any atom is 0.257 e. The van der Waals surface area contributed by atoms with Crippen molar-refractivity contribution >= 4 is 22.8 Å². The van der Waals surface area contributed by atoms with Crippen molar-refractivity contribution < 1.29 is 4.79 Å². The van der Waals surface area contributed by atoms with Gasteiger partial charge >= 0.3 is 0 Å². The molecule has 3 rings (SSSR count). The van der Waals surface area contributed by atoms with Crippen LogP contribution in [0.4, 0.5) is 5.69 Å². The first-order valence-corrected chi connectivity index (χ1v) is 6.18. The number of carbonyl (C=O) groups is 1. The van der Waals surface area contributed by atoms with E-state index in [1.807, 2.05) is 31.2 Å². The third-order valence-electron chi connectivity index (χ3n) is 2.98. The molecule has 2 heterocycles. The molecule has 0 saturated carbocycles. The first-order chi connectivity index (χ1) is 9.74. The number of aromatic nitrogens is 3. The second kappa shape index (κ2) is 5.05. The average molecular weight is 264 g/mol. The van der Waals surface area contributed by atoms with E-state index in [9.17, 15) is 4.79 Å². The number of nitrogens with one attached hydrogen (secondary N) is 1. The fourth-order valence-electron chi connectivity index (χ4n) is 1.89. The molecule has 0 unspecified atom stereocenters. The minimum absolute atomic E-state index is 0.209. The predicted molar refractivity (Wildman–Crippen MR) is 76.5 cm³/mol. The van der Waals surface area contributed by atoms with Crippen molar-refractivity contribution in [2.45, 2.75) is 6.92 Å². The van der Waals surface area contributed by atoms with E-state index in [1.54, 1.807) is 18.5 Å².